The Labute approximate surface area is 157 Å². The van der Waals surface area contributed by atoms with E-state index in [0.717, 1.165) is 6.07 Å². The van der Waals surface area contributed by atoms with Crippen LogP contribution in [-0.2, 0) is 9.53 Å². The number of nitro groups is 1. The summed E-state index contributed by atoms with van der Waals surface area (Å²) in [6.45, 7) is 6.52. The lowest BCUT2D eigenvalue weighted by atomic mass is 10.1. The standard InChI is InChI=1S/C17H24N4O6/c1-10(14(22)18-16(24)19-17(2,3)4)27-15(23)12-9-11(21(25)26)7-8-13(12)20(5)6/h7-10H,1-6H3,(H2,18,19,22,24)/t10-/m0/s1. The van der Waals surface area contributed by atoms with Crippen LogP contribution in [0.1, 0.15) is 38.1 Å². The van der Waals surface area contributed by atoms with Crippen LogP contribution in [0.4, 0.5) is 16.2 Å². The molecule has 148 valence electrons. The summed E-state index contributed by atoms with van der Waals surface area (Å²) in [5, 5.41) is 15.6. The Morgan fingerprint density at radius 3 is 2.30 bits per heavy atom. The molecule has 0 aliphatic rings. The normalized spacial score (nSPS) is 11.9. The first-order chi connectivity index (χ1) is 12.3. The van der Waals surface area contributed by atoms with Crippen LogP contribution in [0, 0.1) is 10.1 Å². The van der Waals surface area contributed by atoms with Gasteiger partial charge in [-0.05, 0) is 33.8 Å². The highest BCUT2D eigenvalue weighted by atomic mass is 16.6. The monoisotopic (exact) mass is 380 g/mol. The Hall–Kier alpha value is -3.17. The van der Waals surface area contributed by atoms with Gasteiger partial charge >= 0.3 is 12.0 Å². The number of amides is 3. The van der Waals surface area contributed by atoms with E-state index in [4.69, 9.17) is 4.74 Å². The lowest BCUT2D eigenvalue weighted by Gasteiger charge is -2.21. The van der Waals surface area contributed by atoms with Gasteiger partial charge in [0, 0.05) is 31.8 Å². The number of non-ortho nitro benzene ring substituents is 1. The molecule has 1 aromatic carbocycles. The van der Waals surface area contributed by atoms with Gasteiger partial charge < -0.3 is 15.0 Å². The summed E-state index contributed by atoms with van der Waals surface area (Å²) < 4.78 is 5.07. The molecular formula is C17H24N4O6. The predicted molar refractivity (Wildman–Crippen MR) is 98.7 cm³/mol. The van der Waals surface area contributed by atoms with E-state index in [9.17, 15) is 24.5 Å². The van der Waals surface area contributed by atoms with Gasteiger partial charge in [0.1, 0.15) is 0 Å². The summed E-state index contributed by atoms with van der Waals surface area (Å²) in [5.41, 5.74) is -0.501. The fraction of sp³-hybridized carbons (Fsp3) is 0.471. The molecule has 10 heteroatoms. The van der Waals surface area contributed by atoms with E-state index in [1.807, 2.05) is 0 Å². The van der Waals surface area contributed by atoms with Gasteiger partial charge in [-0.1, -0.05) is 0 Å². The number of nitrogens with zero attached hydrogens (tertiary/aromatic N) is 2. The molecule has 1 atom stereocenters. The summed E-state index contributed by atoms with van der Waals surface area (Å²) in [5.74, 6) is -1.73. The van der Waals surface area contributed by atoms with Gasteiger partial charge in [-0.3, -0.25) is 20.2 Å². The molecule has 0 saturated carbocycles. The van der Waals surface area contributed by atoms with E-state index in [0.29, 0.717) is 5.69 Å². The third kappa shape index (κ3) is 6.57. The molecule has 0 aliphatic carbocycles. The van der Waals surface area contributed by atoms with E-state index < -0.39 is 34.5 Å². The van der Waals surface area contributed by atoms with Crippen LogP contribution in [0.15, 0.2) is 18.2 Å². The molecule has 27 heavy (non-hydrogen) atoms. The molecule has 0 unspecified atom stereocenters. The van der Waals surface area contributed by atoms with E-state index in [2.05, 4.69) is 10.6 Å². The van der Waals surface area contributed by atoms with Crippen molar-refractivity contribution in [2.24, 2.45) is 0 Å². The van der Waals surface area contributed by atoms with Crippen molar-refractivity contribution in [1.29, 1.82) is 0 Å². The highest BCUT2D eigenvalue weighted by Gasteiger charge is 2.25. The van der Waals surface area contributed by atoms with Crippen molar-refractivity contribution in [3.05, 3.63) is 33.9 Å². The Morgan fingerprint density at radius 1 is 1.22 bits per heavy atom. The maximum atomic E-state index is 12.4. The van der Waals surface area contributed by atoms with Gasteiger partial charge in [0.25, 0.3) is 11.6 Å². The van der Waals surface area contributed by atoms with Crippen molar-refractivity contribution in [2.45, 2.75) is 39.3 Å². The summed E-state index contributed by atoms with van der Waals surface area (Å²) in [7, 11) is 3.32. The number of benzene rings is 1. The first-order valence-corrected chi connectivity index (χ1v) is 8.11. The fourth-order valence-corrected chi connectivity index (χ4v) is 2.05. The molecule has 1 aromatic rings. The summed E-state index contributed by atoms with van der Waals surface area (Å²) >= 11 is 0. The van der Waals surface area contributed by atoms with Crippen LogP contribution < -0.4 is 15.5 Å². The molecule has 3 amide bonds. The molecule has 1 rings (SSSR count). The first kappa shape index (κ1) is 21.9. The molecule has 0 fully saturated rings. The number of anilines is 1. The Morgan fingerprint density at radius 2 is 1.81 bits per heavy atom. The summed E-state index contributed by atoms with van der Waals surface area (Å²) in [6.07, 6.45) is -1.28. The number of hydrogen-bond acceptors (Lipinski definition) is 7. The van der Waals surface area contributed by atoms with E-state index in [1.165, 1.54) is 19.1 Å². The van der Waals surface area contributed by atoms with E-state index >= 15 is 0 Å². The number of ether oxygens (including phenoxy) is 1. The van der Waals surface area contributed by atoms with Gasteiger partial charge in [-0.25, -0.2) is 9.59 Å². The second-order valence-electron chi connectivity index (χ2n) is 7.09. The van der Waals surface area contributed by atoms with Crippen molar-refractivity contribution < 1.29 is 24.0 Å². The minimum atomic E-state index is -1.28. The van der Waals surface area contributed by atoms with Gasteiger partial charge in [-0.2, -0.15) is 0 Å². The average molecular weight is 380 g/mol. The van der Waals surface area contributed by atoms with Crippen molar-refractivity contribution >= 4 is 29.3 Å². The number of esters is 1. The zero-order chi connectivity index (χ0) is 20.9. The van der Waals surface area contributed by atoms with Crippen LogP contribution >= 0.6 is 0 Å². The lowest BCUT2D eigenvalue weighted by Crippen LogP contribution is -2.50. The maximum Gasteiger partial charge on any atom is 0.341 e. The number of nitro benzene ring substituents is 1. The second-order valence-corrected chi connectivity index (χ2v) is 7.09. The minimum Gasteiger partial charge on any atom is -0.449 e. The largest absolute Gasteiger partial charge is 0.449 e. The smallest absolute Gasteiger partial charge is 0.341 e. The van der Waals surface area contributed by atoms with Crippen molar-refractivity contribution in [1.82, 2.24) is 10.6 Å². The number of imide groups is 1. The fourth-order valence-electron chi connectivity index (χ4n) is 2.05. The molecule has 10 nitrogen and oxygen atoms in total. The summed E-state index contributed by atoms with van der Waals surface area (Å²) in [4.78, 5) is 48.1. The highest BCUT2D eigenvalue weighted by Crippen LogP contribution is 2.25. The Balaban J connectivity index is 2.91. The number of carbonyl (C=O) groups excluding carboxylic acids is 3. The molecule has 0 saturated heterocycles. The maximum absolute atomic E-state index is 12.4. The van der Waals surface area contributed by atoms with Gasteiger partial charge in [-0.15, -0.1) is 0 Å². The third-order valence-corrected chi connectivity index (χ3v) is 3.27. The van der Waals surface area contributed by atoms with Crippen LogP contribution in [-0.4, -0.2) is 48.6 Å². The van der Waals surface area contributed by atoms with E-state index in [1.54, 1.807) is 39.8 Å². The lowest BCUT2D eigenvalue weighted by molar-refractivity contribution is -0.384. The molecule has 2 N–H and O–H groups in total. The van der Waals surface area contributed by atoms with Gasteiger partial charge in [0.2, 0.25) is 0 Å². The molecular weight excluding hydrogens is 356 g/mol. The van der Waals surface area contributed by atoms with Crippen molar-refractivity contribution in [3.63, 3.8) is 0 Å². The van der Waals surface area contributed by atoms with Gasteiger partial charge in [0.15, 0.2) is 6.10 Å². The number of carbonyl (C=O) groups is 3. The molecule has 0 radical (unpaired) electrons. The Kier molecular flexibility index (Phi) is 6.87. The van der Waals surface area contributed by atoms with Crippen LogP contribution in [0.5, 0.6) is 0 Å². The number of rotatable bonds is 5. The van der Waals surface area contributed by atoms with Crippen LogP contribution in [0.3, 0.4) is 0 Å². The first-order valence-electron chi connectivity index (χ1n) is 8.11. The quantitative estimate of drug-likeness (QED) is 0.452. The predicted octanol–water partition coefficient (Wildman–Crippen LogP) is 1.83. The van der Waals surface area contributed by atoms with E-state index in [-0.39, 0.29) is 11.3 Å². The molecule has 0 bridgehead atoms. The average Bonchev–Trinajstić information content (AvgIpc) is 2.51. The number of hydrogen-bond donors (Lipinski definition) is 2. The number of urea groups is 1. The van der Waals surface area contributed by atoms with Crippen LogP contribution in [0.2, 0.25) is 0 Å². The highest BCUT2D eigenvalue weighted by molar-refractivity contribution is 6.00. The van der Waals surface area contributed by atoms with Gasteiger partial charge in [0.05, 0.1) is 16.2 Å². The number of nitrogens with one attached hydrogen (secondary N) is 2. The van der Waals surface area contributed by atoms with Crippen molar-refractivity contribution in [2.75, 3.05) is 19.0 Å². The van der Waals surface area contributed by atoms with Crippen LogP contribution in [0.25, 0.3) is 0 Å². The zero-order valence-electron chi connectivity index (χ0n) is 16.2. The summed E-state index contributed by atoms with van der Waals surface area (Å²) in [6, 6.07) is 3.03. The SMILES string of the molecule is C[C@H](OC(=O)c1cc([N+](=O)[O-])ccc1N(C)C)C(=O)NC(=O)NC(C)(C)C. The Bertz CT molecular complexity index is 754. The minimum absolute atomic E-state index is 0.0620. The molecule has 0 aromatic heterocycles. The topological polar surface area (TPSA) is 131 Å². The van der Waals surface area contributed by atoms with Crippen molar-refractivity contribution in [3.8, 4) is 0 Å². The zero-order valence-corrected chi connectivity index (χ0v) is 16.2. The second kappa shape index (κ2) is 8.47. The molecule has 0 aliphatic heterocycles. The molecule has 0 heterocycles. The third-order valence-electron chi connectivity index (χ3n) is 3.27. The molecule has 0 spiro atoms.